The topological polar surface area (TPSA) is 42.2 Å². The van der Waals surface area contributed by atoms with E-state index in [0.717, 1.165) is 24.0 Å². The lowest BCUT2D eigenvalue weighted by Gasteiger charge is -2.07. The van der Waals surface area contributed by atoms with Crippen molar-refractivity contribution in [1.82, 2.24) is 4.57 Å². The number of ketones is 1. The van der Waals surface area contributed by atoms with E-state index in [4.69, 9.17) is 5.11 Å². The van der Waals surface area contributed by atoms with Gasteiger partial charge in [-0.15, -0.1) is 0 Å². The van der Waals surface area contributed by atoms with Crippen LogP contribution in [0.4, 0.5) is 4.39 Å². The number of rotatable bonds is 3. The molecule has 82 valence electrons. The minimum atomic E-state index is -0.978. The van der Waals surface area contributed by atoms with Crippen LogP contribution in [0.15, 0.2) is 12.4 Å². The summed E-state index contributed by atoms with van der Waals surface area (Å²) < 4.78 is 13.8. The Hall–Kier alpha value is -1.16. The maximum atomic E-state index is 12.1. The van der Waals surface area contributed by atoms with Crippen LogP contribution in [0, 0.1) is 0 Å². The van der Waals surface area contributed by atoms with Crippen molar-refractivity contribution in [3.8, 4) is 0 Å². The summed E-state index contributed by atoms with van der Waals surface area (Å²) in [5.41, 5.74) is 1.77. The second-order valence-corrected chi connectivity index (χ2v) is 3.98. The number of Topliss-reactive ketones (excluding diaryl/α,β-unsaturated/α-hetero) is 1. The highest BCUT2D eigenvalue weighted by Gasteiger charge is 2.19. The Morgan fingerprint density at radius 2 is 2.27 bits per heavy atom. The lowest BCUT2D eigenvalue weighted by atomic mass is 9.95. The van der Waals surface area contributed by atoms with Gasteiger partial charge in [0.15, 0.2) is 5.78 Å². The number of nitrogens with zero attached hydrogens (tertiary/aromatic N) is 1. The molecule has 0 amide bonds. The summed E-state index contributed by atoms with van der Waals surface area (Å²) in [5.74, 6) is 0.157. The number of halogens is 1. The summed E-state index contributed by atoms with van der Waals surface area (Å²) in [4.78, 5) is 11.5. The van der Waals surface area contributed by atoms with Crippen LogP contribution < -0.4 is 0 Å². The van der Waals surface area contributed by atoms with Crippen molar-refractivity contribution in [1.29, 1.82) is 0 Å². The summed E-state index contributed by atoms with van der Waals surface area (Å²) in [6, 6.07) is 0. The zero-order valence-electron chi connectivity index (χ0n) is 8.45. The van der Waals surface area contributed by atoms with Crippen LogP contribution in [0.1, 0.15) is 28.8 Å². The number of aliphatic hydroxyl groups is 1. The summed E-state index contributed by atoms with van der Waals surface area (Å²) >= 11 is 0. The normalized spacial score (nSPS) is 17.6. The van der Waals surface area contributed by atoms with Crippen LogP contribution in [-0.4, -0.2) is 28.2 Å². The molecule has 1 N–H and O–H groups in total. The fourth-order valence-corrected chi connectivity index (χ4v) is 1.98. The van der Waals surface area contributed by atoms with E-state index in [9.17, 15) is 9.18 Å². The predicted octanol–water partition coefficient (Wildman–Crippen LogP) is 1.34. The molecule has 0 fully saturated rings. The molecule has 3 nitrogen and oxygen atoms in total. The van der Waals surface area contributed by atoms with E-state index < -0.39 is 12.8 Å². The van der Waals surface area contributed by atoms with Crippen molar-refractivity contribution in [2.24, 2.45) is 0 Å². The standard InChI is InChI=1S/C11H14FNO2/c12-4-9(14)6-13-5-8-2-1-3-11(15)10(8)7-13/h5,7,9,14H,1-4,6H2. The molecule has 1 atom stereocenters. The number of aromatic nitrogens is 1. The molecule has 0 saturated heterocycles. The molecule has 1 heterocycles. The molecule has 4 heteroatoms. The predicted molar refractivity (Wildman–Crippen MR) is 53.7 cm³/mol. The minimum absolute atomic E-state index is 0.157. The van der Waals surface area contributed by atoms with Crippen LogP contribution >= 0.6 is 0 Å². The number of alkyl halides is 1. The Balaban J connectivity index is 2.18. The Morgan fingerprint density at radius 1 is 1.47 bits per heavy atom. The quantitative estimate of drug-likeness (QED) is 0.819. The lowest BCUT2D eigenvalue weighted by Crippen LogP contribution is -2.16. The highest BCUT2D eigenvalue weighted by Crippen LogP contribution is 2.22. The van der Waals surface area contributed by atoms with Crippen molar-refractivity contribution in [3.63, 3.8) is 0 Å². The Bertz CT molecular complexity index is 373. The van der Waals surface area contributed by atoms with Crippen LogP contribution in [-0.2, 0) is 13.0 Å². The fraction of sp³-hybridized carbons (Fsp3) is 0.545. The molecule has 0 radical (unpaired) electrons. The van der Waals surface area contributed by atoms with Gasteiger partial charge in [-0.2, -0.15) is 0 Å². The second kappa shape index (κ2) is 4.14. The van der Waals surface area contributed by atoms with Gasteiger partial charge in [0.05, 0.1) is 6.54 Å². The summed E-state index contributed by atoms with van der Waals surface area (Å²) in [7, 11) is 0. The first-order chi connectivity index (χ1) is 7.20. The maximum absolute atomic E-state index is 12.1. The monoisotopic (exact) mass is 211 g/mol. The number of hydrogen-bond donors (Lipinski definition) is 1. The largest absolute Gasteiger partial charge is 0.389 e. The zero-order chi connectivity index (χ0) is 10.8. The first kappa shape index (κ1) is 10.4. The molecule has 1 aliphatic rings. The van der Waals surface area contributed by atoms with Crippen LogP contribution in [0.3, 0.4) is 0 Å². The number of fused-ring (bicyclic) bond motifs is 1. The molecule has 1 unspecified atom stereocenters. The van der Waals surface area contributed by atoms with Gasteiger partial charge >= 0.3 is 0 Å². The third kappa shape index (κ3) is 2.09. The molecule has 1 aromatic rings. The van der Waals surface area contributed by atoms with Gasteiger partial charge in [0.1, 0.15) is 12.8 Å². The molecular formula is C11H14FNO2. The van der Waals surface area contributed by atoms with E-state index in [1.807, 2.05) is 6.20 Å². The number of aliphatic hydroxyl groups excluding tert-OH is 1. The number of hydrogen-bond acceptors (Lipinski definition) is 2. The van der Waals surface area contributed by atoms with Gasteiger partial charge in [0.25, 0.3) is 0 Å². The van der Waals surface area contributed by atoms with Crippen LogP contribution in [0.2, 0.25) is 0 Å². The van der Waals surface area contributed by atoms with Crippen molar-refractivity contribution in [2.75, 3.05) is 6.67 Å². The summed E-state index contributed by atoms with van der Waals surface area (Å²) in [6.07, 6.45) is 4.97. The molecule has 1 aromatic heterocycles. The highest BCUT2D eigenvalue weighted by molar-refractivity contribution is 5.98. The smallest absolute Gasteiger partial charge is 0.164 e. The van der Waals surface area contributed by atoms with Crippen LogP contribution in [0.5, 0.6) is 0 Å². The van der Waals surface area contributed by atoms with Gasteiger partial charge in [-0.3, -0.25) is 4.79 Å². The molecule has 0 aliphatic heterocycles. The van der Waals surface area contributed by atoms with E-state index in [0.29, 0.717) is 6.42 Å². The number of carbonyl (C=O) groups excluding carboxylic acids is 1. The molecule has 0 spiro atoms. The number of carbonyl (C=O) groups is 1. The van der Waals surface area contributed by atoms with Gasteiger partial charge in [0, 0.05) is 24.4 Å². The SMILES string of the molecule is O=C1CCCc2cn(CC(O)CF)cc21. The number of aryl methyl sites for hydroxylation is 1. The van der Waals surface area contributed by atoms with Gasteiger partial charge in [-0.05, 0) is 18.4 Å². The molecule has 2 rings (SSSR count). The van der Waals surface area contributed by atoms with Gasteiger partial charge in [-0.25, -0.2) is 4.39 Å². The lowest BCUT2D eigenvalue weighted by molar-refractivity contribution is 0.0972. The van der Waals surface area contributed by atoms with Gasteiger partial charge < -0.3 is 9.67 Å². The third-order valence-electron chi connectivity index (χ3n) is 2.71. The van der Waals surface area contributed by atoms with E-state index in [1.54, 1.807) is 10.8 Å². The molecule has 0 bridgehead atoms. The average Bonchev–Trinajstić information content (AvgIpc) is 2.62. The van der Waals surface area contributed by atoms with E-state index in [-0.39, 0.29) is 12.3 Å². The first-order valence-electron chi connectivity index (χ1n) is 5.16. The zero-order valence-corrected chi connectivity index (χ0v) is 8.45. The average molecular weight is 211 g/mol. The highest BCUT2D eigenvalue weighted by atomic mass is 19.1. The van der Waals surface area contributed by atoms with Gasteiger partial charge in [-0.1, -0.05) is 0 Å². The van der Waals surface area contributed by atoms with Crippen molar-refractivity contribution < 1.29 is 14.3 Å². The second-order valence-electron chi connectivity index (χ2n) is 3.98. The fourth-order valence-electron chi connectivity index (χ4n) is 1.98. The van der Waals surface area contributed by atoms with Crippen LogP contribution in [0.25, 0.3) is 0 Å². The first-order valence-corrected chi connectivity index (χ1v) is 5.16. The summed E-state index contributed by atoms with van der Waals surface area (Å²) in [6.45, 7) is -0.534. The Morgan fingerprint density at radius 3 is 2.93 bits per heavy atom. The van der Waals surface area contributed by atoms with E-state index in [2.05, 4.69) is 0 Å². The van der Waals surface area contributed by atoms with Crippen molar-refractivity contribution in [2.45, 2.75) is 31.9 Å². The Labute approximate surface area is 87.5 Å². The van der Waals surface area contributed by atoms with E-state index in [1.165, 1.54) is 0 Å². The van der Waals surface area contributed by atoms with Crippen molar-refractivity contribution in [3.05, 3.63) is 23.5 Å². The molecule has 1 aliphatic carbocycles. The summed E-state index contributed by atoms with van der Waals surface area (Å²) in [5, 5.41) is 9.16. The maximum Gasteiger partial charge on any atom is 0.164 e. The van der Waals surface area contributed by atoms with Gasteiger partial charge in [0.2, 0.25) is 0 Å². The third-order valence-corrected chi connectivity index (χ3v) is 2.71. The minimum Gasteiger partial charge on any atom is -0.389 e. The molecular weight excluding hydrogens is 197 g/mol. The molecule has 0 saturated carbocycles. The molecule has 15 heavy (non-hydrogen) atoms. The van der Waals surface area contributed by atoms with Crippen molar-refractivity contribution >= 4 is 5.78 Å². The Kier molecular flexibility index (Phi) is 2.86. The van der Waals surface area contributed by atoms with E-state index >= 15 is 0 Å². The molecule has 0 aromatic carbocycles.